The number of nitrogens with zero attached hydrogens (tertiary/aromatic N) is 1. The Morgan fingerprint density at radius 3 is 2.32 bits per heavy atom. The standard InChI is InChI=1S/C10H12F5NO3/c1-5(9(11,12)10(13,14)15)16-6(8(18)19-2)3-4-7(16)17/h5-6H,3-4H2,1-2H3. The molecule has 1 saturated heterocycles. The molecule has 1 aliphatic rings. The zero-order chi connectivity index (χ0) is 15.0. The van der Waals surface area contributed by atoms with Crippen LogP contribution in [0.5, 0.6) is 0 Å². The van der Waals surface area contributed by atoms with Crippen molar-refractivity contribution in [2.24, 2.45) is 0 Å². The van der Waals surface area contributed by atoms with E-state index in [9.17, 15) is 31.5 Å². The molecule has 0 spiro atoms. The average Bonchev–Trinajstić information content (AvgIpc) is 2.67. The van der Waals surface area contributed by atoms with E-state index in [-0.39, 0.29) is 17.7 Å². The van der Waals surface area contributed by atoms with Crippen molar-refractivity contribution in [1.29, 1.82) is 0 Å². The first-order valence-corrected chi connectivity index (χ1v) is 5.37. The summed E-state index contributed by atoms with van der Waals surface area (Å²) in [6.45, 7) is 0.562. The van der Waals surface area contributed by atoms with Gasteiger partial charge in [-0.3, -0.25) is 4.79 Å². The summed E-state index contributed by atoms with van der Waals surface area (Å²) in [6.07, 6.45) is -6.20. The van der Waals surface area contributed by atoms with E-state index in [1.165, 1.54) is 0 Å². The fourth-order valence-electron chi connectivity index (χ4n) is 1.97. The van der Waals surface area contributed by atoms with Crippen LogP contribution in [0.2, 0.25) is 0 Å². The fourth-order valence-corrected chi connectivity index (χ4v) is 1.97. The smallest absolute Gasteiger partial charge is 0.455 e. The lowest BCUT2D eigenvalue weighted by atomic mass is 10.1. The number of hydrogen-bond acceptors (Lipinski definition) is 3. The number of carbonyl (C=O) groups excluding carboxylic acids is 2. The van der Waals surface area contributed by atoms with Crippen LogP contribution >= 0.6 is 0 Å². The van der Waals surface area contributed by atoms with Crippen molar-refractivity contribution < 1.29 is 36.3 Å². The summed E-state index contributed by atoms with van der Waals surface area (Å²) in [5, 5.41) is 0. The van der Waals surface area contributed by atoms with Gasteiger partial charge in [0.05, 0.1) is 7.11 Å². The maximum absolute atomic E-state index is 13.2. The van der Waals surface area contributed by atoms with E-state index in [0.29, 0.717) is 6.92 Å². The van der Waals surface area contributed by atoms with Crippen LogP contribution in [0.1, 0.15) is 19.8 Å². The maximum atomic E-state index is 13.2. The molecule has 0 N–H and O–H groups in total. The highest BCUT2D eigenvalue weighted by Crippen LogP contribution is 2.41. The molecular formula is C10H12F5NO3. The van der Waals surface area contributed by atoms with Crippen LogP contribution in [0.4, 0.5) is 22.0 Å². The molecule has 1 fully saturated rings. The normalized spacial score (nSPS) is 22.6. The van der Waals surface area contributed by atoms with Gasteiger partial charge in [0.25, 0.3) is 0 Å². The molecule has 0 aromatic carbocycles. The summed E-state index contributed by atoms with van der Waals surface area (Å²) >= 11 is 0. The Labute approximate surface area is 105 Å². The van der Waals surface area contributed by atoms with Crippen molar-refractivity contribution in [3.05, 3.63) is 0 Å². The van der Waals surface area contributed by atoms with Gasteiger partial charge >= 0.3 is 18.1 Å². The number of esters is 1. The molecule has 0 aliphatic carbocycles. The Bertz CT molecular complexity index is 382. The van der Waals surface area contributed by atoms with Crippen molar-refractivity contribution in [3.8, 4) is 0 Å². The van der Waals surface area contributed by atoms with Crippen molar-refractivity contribution in [1.82, 2.24) is 4.90 Å². The molecule has 1 heterocycles. The zero-order valence-corrected chi connectivity index (χ0v) is 10.1. The number of carbonyl (C=O) groups is 2. The monoisotopic (exact) mass is 289 g/mol. The first kappa shape index (κ1) is 15.6. The third-order valence-electron chi connectivity index (χ3n) is 3.05. The summed E-state index contributed by atoms with van der Waals surface area (Å²) in [7, 11) is 0.968. The summed E-state index contributed by atoms with van der Waals surface area (Å²) in [6, 6.07) is -3.87. The van der Waals surface area contributed by atoms with Gasteiger partial charge in [-0.1, -0.05) is 0 Å². The molecule has 19 heavy (non-hydrogen) atoms. The summed E-state index contributed by atoms with van der Waals surface area (Å²) in [4.78, 5) is 23.0. The van der Waals surface area contributed by atoms with Crippen LogP contribution in [0, 0.1) is 0 Å². The SMILES string of the molecule is COC(=O)C1CCC(=O)N1C(C)C(F)(F)C(F)(F)F. The Kier molecular flexibility index (Phi) is 4.06. The van der Waals surface area contributed by atoms with E-state index >= 15 is 0 Å². The van der Waals surface area contributed by atoms with E-state index in [2.05, 4.69) is 4.74 Å². The number of amides is 1. The Morgan fingerprint density at radius 1 is 1.37 bits per heavy atom. The van der Waals surface area contributed by atoms with E-state index in [1.54, 1.807) is 0 Å². The summed E-state index contributed by atoms with van der Waals surface area (Å²) in [5.74, 6) is -7.03. The zero-order valence-electron chi connectivity index (χ0n) is 10.1. The predicted molar refractivity (Wildman–Crippen MR) is 52.3 cm³/mol. The molecule has 1 amide bonds. The van der Waals surface area contributed by atoms with Gasteiger partial charge in [0.2, 0.25) is 5.91 Å². The van der Waals surface area contributed by atoms with Crippen LogP contribution in [0.3, 0.4) is 0 Å². The molecule has 1 aliphatic heterocycles. The van der Waals surface area contributed by atoms with Crippen molar-refractivity contribution in [3.63, 3.8) is 0 Å². The van der Waals surface area contributed by atoms with Gasteiger partial charge in [0.1, 0.15) is 12.1 Å². The molecule has 2 atom stereocenters. The number of rotatable bonds is 3. The Morgan fingerprint density at radius 2 is 1.89 bits per heavy atom. The summed E-state index contributed by atoms with van der Waals surface area (Å²) < 4.78 is 67.6. The second-order valence-corrected chi connectivity index (χ2v) is 4.18. The van der Waals surface area contributed by atoms with Crippen molar-refractivity contribution in [2.45, 2.75) is 43.9 Å². The minimum atomic E-state index is -5.80. The van der Waals surface area contributed by atoms with E-state index in [4.69, 9.17) is 0 Å². The summed E-state index contributed by atoms with van der Waals surface area (Å²) in [5.41, 5.74) is 0. The largest absolute Gasteiger partial charge is 0.467 e. The van der Waals surface area contributed by atoms with Gasteiger partial charge in [0, 0.05) is 6.42 Å². The molecule has 110 valence electrons. The number of alkyl halides is 5. The van der Waals surface area contributed by atoms with Crippen molar-refractivity contribution >= 4 is 11.9 Å². The second kappa shape index (κ2) is 4.93. The molecule has 0 aromatic rings. The Balaban J connectivity index is 3.05. The number of likely N-dealkylation sites (tertiary alicyclic amines) is 1. The number of ether oxygens (including phenoxy) is 1. The minimum absolute atomic E-state index is 0.135. The lowest BCUT2D eigenvalue weighted by molar-refractivity contribution is -0.300. The highest BCUT2D eigenvalue weighted by molar-refractivity contribution is 5.88. The van der Waals surface area contributed by atoms with E-state index in [0.717, 1.165) is 7.11 Å². The number of methoxy groups -OCH3 is 1. The third kappa shape index (κ3) is 2.64. The maximum Gasteiger partial charge on any atom is 0.455 e. The lowest BCUT2D eigenvalue weighted by Gasteiger charge is -2.35. The number of halogens is 5. The first-order valence-electron chi connectivity index (χ1n) is 5.37. The molecule has 0 bridgehead atoms. The quantitative estimate of drug-likeness (QED) is 0.587. The fraction of sp³-hybridized carbons (Fsp3) is 0.800. The van der Waals surface area contributed by atoms with Crippen LogP contribution in [-0.2, 0) is 14.3 Å². The van der Waals surface area contributed by atoms with Crippen LogP contribution in [-0.4, -0.2) is 48.1 Å². The average molecular weight is 289 g/mol. The highest BCUT2D eigenvalue weighted by Gasteiger charge is 2.64. The molecule has 2 unspecified atom stereocenters. The molecule has 0 aromatic heterocycles. The van der Waals surface area contributed by atoms with Crippen molar-refractivity contribution in [2.75, 3.05) is 7.11 Å². The second-order valence-electron chi connectivity index (χ2n) is 4.18. The molecule has 0 saturated carbocycles. The molecule has 1 rings (SSSR count). The third-order valence-corrected chi connectivity index (χ3v) is 3.05. The van der Waals surface area contributed by atoms with Crippen LogP contribution < -0.4 is 0 Å². The molecule has 4 nitrogen and oxygen atoms in total. The minimum Gasteiger partial charge on any atom is -0.467 e. The van der Waals surface area contributed by atoms with E-state index in [1.807, 2.05) is 0 Å². The first-order chi connectivity index (χ1) is 8.54. The van der Waals surface area contributed by atoms with Gasteiger partial charge in [-0.2, -0.15) is 22.0 Å². The molecular weight excluding hydrogens is 277 g/mol. The Hall–Kier alpha value is -1.41. The van der Waals surface area contributed by atoms with Gasteiger partial charge in [-0.25, -0.2) is 4.79 Å². The van der Waals surface area contributed by atoms with Gasteiger partial charge < -0.3 is 9.64 Å². The van der Waals surface area contributed by atoms with Gasteiger partial charge in [-0.05, 0) is 13.3 Å². The van der Waals surface area contributed by atoms with Crippen LogP contribution in [0.15, 0.2) is 0 Å². The molecule has 9 heteroatoms. The van der Waals surface area contributed by atoms with Gasteiger partial charge in [-0.15, -0.1) is 0 Å². The number of hydrogen-bond donors (Lipinski definition) is 0. The van der Waals surface area contributed by atoms with Gasteiger partial charge in [0.15, 0.2) is 0 Å². The molecule has 0 radical (unpaired) electrons. The topological polar surface area (TPSA) is 46.6 Å². The van der Waals surface area contributed by atoms with Crippen LogP contribution in [0.25, 0.3) is 0 Å². The van der Waals surface area contributed by atoms with E-state index < -0.39 is 36.1 Å². The highest BCUT2D eigenvalue weighted by atomic mass is 19.4. The lowest BCUT2D eigenvalue weighted by Crippen LogP contribution is -2.57. The predicted octanol–water partition coefficient (Wildman–Crippen LogP) is 1.74.